The summed E-state index contributed by atoms with van der Waals surface area (Å²) in [7, 11) is 1.97. The van der Waals surface area contributed by atoms with Gasteiger partial charge in [0.1, 0.15) is 5.82 Å². The monoisotopic (exact) mass is 293 g/mol. The topological polar surface area (TPSA) is 46.9 Å². The predicted octanol–water partition coefficient (Wildman–Crippen LogP) is 2.74. The zero-order valence-electron chi connectivity index (χ0n) is 12.8. The van der Waals surface area contributed by atoms with Crippen LogP contribution in [0, 0.1) is 6.92 Å². The van der Waals surface area contributed by atoms with E-state index in [1.54, 1.807) is 0 Å². The average Bonchev–Trinajstić information content (AvgIpc) is 2.84. The van der Waals surface area contributed by atoms with Crippen molar-refractivity contribution in [2.45, 2.75) is 19.9 Å². The van der Waals surface area contributed by atoms with Gasteiger partial charge in [0, 0.05) is 7.05 Å². The van der Waals surface area contributed by atoms with Gasteiger partial charge in [0.25, 0.3) is 0 Å². The van der Waals surface area contributed by atoms with Crippen molar-refractivity contribution in [2.24, 2.45) is 7.05 Å². The molecular formula is C18H19N3O. The van der Waals surface area contributed by atoms with E-state index in [4.69, 9.17) is 0 Å². The summed E-state index contributed by atoms with van der Waals surface area (Å²) >= 11 is 0. The lowest BCUT2D eigenvalue weighted by molar-refractivity contribution is -0.120. The first-order valence-corrected chi connectivity index (χ1v) is 7.36. The number of rotatable bonds is 4. The Morgan fingerprint density at radius 1 is 1.14 bits per heavy atom. The fourth-order valence-electron chi connectivity index (χ4n) is 2.48. The van der Waals surface area contributed by atoms with Gasteiger partial charge < -0.3 is 9.88 Å². The largest absolute Gasteiger partial charge is 0.349 e. The number of amides is 1. The summed E-state index contributed by atoms with van der Waals surface area (Å²) < 4.78 is 2.02. The molecule has 22 heavy (non-hydrogen) atoms. The number of aromatic nitrogens is 2. The Hall–Kier alpha value is -2.62. The second-order valence-electron chi connectivity index (χ2n) is 5.51. The van der Waals surface area contributed by atoms with Crippen molar-refractivity contribution in [2.75, 3.05) is 0 Å². The van der Waals surface area contributed by atoms with Crippen molar-refractivity contribution in [1.82, 2.24) is 14.9 Å². The minimum absolute atomic E-state index is 0.0101. The molecule has 0 spiro atoms. The van der Waals surface area contributed by atoms with Crippen LogP contribution in [-0.2, 0) is 24.8 Å². The number of benzene rings is 2. The summed E-state index contributed by atoms with van der Waals surface area (Å²) in [5, 5.41) is 2.94. The van der Waals surface area contributed by atoms with Gasteiger partial charge in [-0.15, -0.1) is 0 Å². The second kappa shape index (κ2) is 6.02. The van der Waals surface area contributed by atoms with E-state index in [9.17, 15) is 4.79 Å². The van der Waals surface area contributed by atoms with E-state index in [0.717, 1.165) is 22.4 Å². The highest BCUT2D eigenvalue weighted by molar-refractivity contribution is 5.79. The number of imidazole rings is 1. The molecule has 1 heterocycles. The van der Waals surface area contributed by atoms with E-state index < -0.39 is 0 Å². The third-order valence-electron chi connectivity index (χ3n) is 3.81. The maximum atomic E-state index is 12.0. The molecule has 0 aliphatic rings. The first-order chi connectivity index (χ1) is 10.6. The molecule has 0 radical (unpaired) electrons. The van der Waals surface area contributed by atoms with Crippen LogP contribution >= 0.6 is 0 Å². The third kappa shape index (κ3) is 3.01. The Labute approximate surface area is 129 Å². The number of carbonyl (C=O) groups excluding carboxylic acids is 1. The first kappa shape index (κ1) is 14.3. The van der Waals surface area contributed by atoms with Gasteiger partial charge in [-0.25, -0.2) is 4.98 Å². The van der Waals surface area contributed by atoms with Crippen molar-refractivity contribution in [3.63, 3.8) is 0 Å². The van der Waals surface area contributed by atoms with E-state index >= 15 is 0 Å². The first-order valence-electron chi connectivity index (χ1n) is 7.36. The highest BCUT2D eigenvalue weighted by atomic mass is 16.1. The molecule has 0 unspecified atom stereocenters. The predicted molar refractivity (Wildman–Crippen MR) is 87.4 cm³/mol. The molecule has 0 aliphatic carbocycles. The quantitative estimate of drug-likeness (QED) is 0.804. The van der Waals surface area contributed by atoms with Crippen molar-refractivity contribution >= 4 is 16.9 Å². The van der Waals surface area contributed by atoms with Gasteiger partial charge in [0.2, 0.25) is 5.91 Å². The zero-order valence-corrected chi connectivity index (χ0v) is 12.8. The summed E-state index contributed by atoms with van der Waals surface area (Å²) in [6, 6.07) is 16.0. The van der Waals surface area contributed by atoms with Crippen LogP contribution in [0.2, 0.25) is 0 Å². The summed E-state index contributed by atoms with van der Waals surface area (Å²) in [5.74, 6) is 0.870. The fraction of sp³-hybridized carbons (Fsp3) is 0.222. The lowest BCUT2D eigenvalue weighted by Gasteiger charge is -2.06. The maximum Gasteiger partial charge on any atom is 0.224 e. The van der Waals surface area contributed by atoms with Crippen LogP contribution in [-0.4, -0.2) is 15.5 Å². The summed E-state index contributed by atoms with van der Waals surface area (Å²) in [5.41, 5.74) is 4.25. The standard InChI is InChI=1S/C18H19N3O/c1-13-7-9-14(10-8-13)11-18(22)19-12-17-20-15-5-3-4-6-16(15)21(17)2/h3-10H,11-12H2,1-2H3,(H,19,22). The van der Waals surface area contributed by atoms with Gasteiger partial charge >= 0.3 is 0 Å². The van der Waals surface area contributed by atoms with Crippen LogP contribution in [0.25, 0.3) is 11.0 Å². The zero-order chi connectivity index (χ0) is 15.5. The number of nitrogens with zero attached hydrogens (tertiary/aromatic N) is 2. The van der Waals surface area contributed by atoms with Crippen LogP contribution in [0.3, 0.4) is 0 Å². The van der Waals surface area contributed by atoms with E-state index in [1.165, 1.54) is 5.56 Å². The van der Waals surface area contributed by atoms with Crippen LogP contribution in [0.15, 0.2) is 48.5 Å². The molecule has 0 saturated heterocycles. The van der Waals surface area contributed by atoms with E-state index in [-0.39, 0.29) is 5.91 Å². The Morgan fingerprint density at radius 2 is 1.86 bits per heavy atom. The van der Waals surface area contributed by atoms with E-state index in [0.29, 0.717) is 13.0 Å². The van der Waals surface area contributed by atoms with E-state index in [1.807, 2.05) is 67.1 Å². The number of hydrogen-bond donors (Lipinski definition) is 1. The lowest BCUT2D eigenvalue weighted by atomic mass is 10.1. The highest BCUT2D eigenvalue weighted by Gasteiger charge is 2.09. The molecule has 1 N–H and O–H groups in total. The molecule has 0 bridgehead atoms. The van der Waals surface area contributed by atoms with Crippen LogP contribution in [0.4, 0.5) is 0 Å². The number of nitrogens with one attached hydrogen (secondary N) is 1. The molecule has 2 aromatic carbocycles. The minimum Gasteiger partial charge on any atom is -0.349 e. The fourth-order valence-corrected chi connectivity index (χ4v) is 2.48. The molecule has 0 saturated carbocycles. The maximum absolute atomic E-state index is 12.0. The number of aryl methyl sites for hydroxylation is 2. The minimum atomic E-state index is 0.0101. The third-order valence-corrected chi connectivity index (χ3v) is 3.81. The Morgan fingerprint density at radius 3 is 2.59 bits per heavy atom. The number of fused-ring (bicyclic) bond motifs is 1. The summed E-state index contributed by atoms with van der Waals surface area (Å²) in [6.45, 7) is 2.48. The Balaban J connectivity index is 1.64. The molecule has 3 rings (SSSR count). The lowest BCUT2D eigenvalue weighted by Crippen LogP contribution is -2.25. The van der Waals surface area contributed by atoms with Gasteiger partial charge in [-0.2, -0.15) is 0 Å². The molecule has 4 nitrogen and oxygen atoms in total. The molecular weight excluding hydrogens is 274 g/mol. The molecule has 4 heteroatoms. The molecule has 112 valence electrons. The SMILES string of the molecule is Cc1ccc(CC(=O)NCc2nc3ccccc3n2C)cc1. The van der Waals surface area contributed by atoms with Crippen LogP contribution in [0.5, 0.6) is 0 Å². The number of para-hydroxylation sites is 2. The van der Waals surface area contributed by atoms with Gasteiger partial charge in [0.05, 0.1) is 24.0 Å². The van der Waals surface area contributed by atoms with Gasteiger partial charge in [0.15, 0.2) is 0 Å². The normalized spacial score (nSPS) is 10.8. The summed E-state index contributed by atoms with van der Waals surface area (Å²) in [6.07, 6.45) is 0.393. The summed E-state index contributed by atoms with van der Waals surface area (Å²) in [4.78, 5) is 16.6. The van der Waals surface area contributed by atoms with Gasteiger partial charge in [-0.1, -0.05) is 42.0 Å². The number of hydrogen-bond acceptors (Lipinski definition) is 2. The van der Waals surface area contributed by atoms with Gasteiger partial charge in [-0.05, 0) is 24.6 Å². The van der Waals surface area contributed by atoms with Crippen molar-refractivity contribution in [1.29, 1.82) is 0 Å². The second-order valence-corrected chi connectivity index (χ2v) is 5.51. The molecule has 1 aromatic heterocycles. The molecule has 0 aliphatic heterocycles. The molecule has 0 atom stereocenters. The molecule has 1 amide bonds. The molecule has 0 fully saturated rings. The Bertz CT molecular complexity index is 803. The smallest absolute Gasteiger partial charge is 0.224 e. The average molecular weight is 293 g/mol. The van der Waals surface area contributed by atoms with Crippen molar-refractivity contribution < 1.29 is 4.79 Å². The number of carbonyl (C=O) groups is 1. The van der Waals surface area contributed by atoms with Crippen molar-refractivity contribution in [3.05, 3.63) is 65.5 Å². The Kier molecular flexibility index (Phi) is 3.92. The van der Waals surface area contributed by atoms with Crippen molar-refractivity contribution in [3.8, 4) is 0 Å². The highest BCUT2D eigenvalue weighted by Crippen LogP contribution is 2.14. The van der Waals surface area contributed by atoms with Crippen LogP contribution in [0.1, 0.15) is 17.0 Å². The molecule has 3 aromatic rings. The van der Waals surface area contributed by atoms with E-state index in [2.05, 4.69) is 10.3 Å². The van der Waals surface area contributed by atoms with Crippen LogP contribution < -0.4 is 5.32 Å². The van der Waals surface area contributed by atoms with Gasteiger partial charge in [-0.3, -0.25) is 4.79 Å².